The number of ether oxygens (including phenoxy) is 2. The molecule has 2 aromatic rings. The van der Waals surface area contributed by atoms with Crippen LogP contribution in [0.25, 0.3) is 6.08 Å². The largest absolute Gasteiger partial charge is 0.495 e. The molecular formula is C21H20N2O5S. The second-order valence-electron chi connectivity index (χ2n) is 6.02. The van der Waals surface area contributed by atoms with E-state index in [1.807, 2.05) is 6.92 Å². The van der Waals surface area contributed by atoms with Crippen LogP contribution in [0.1, 0.15) is 12.5 Å². The van der Waals surface area contributed by atoms with Crippen LogP contribution in [-0.2, 0) is 9.59 Å². The first kappa shape index (κ1) is 20.5. The molecular weight excluding hydrogens is 392 g/mol. The van der Waals surface area contributed by atoms with E-state index in [-0.39, 0.29) is 11.4 Å². The van der Waals surface area contributed by atoms with E-state index in [0.29, 0.717) is 18.0 Å². The van der Waals surface area contributed by atoms with Gasteiger partial charge in [0.2, 0.25) is 5.91 Å². The molecule has 0 aliphatic carbocycles. The molecule has 1 aliphatic rings. The normalized spacial score (nSPS) is 15.0. The fourth-order valence-corrected chi connectivity index (χ4v) is 3.53. The predicted molar refractivity (Wildman–Crippen MR) is 112 cm³/mol. The van der Waals surface area contributed by atoms with Gasteiger partial charge in [-0.2, -0.15) is 0 Å². The number of nitrogens with zero attached hydrogens (tertiary/aromatic N) is 1. The molecule has 1 saturated heterocycles. The van der Waals surface area contributed by atoms with Crippen molar-refractivity contribution in [2.45, 2.75) is 6.92 Å². The van der Waals surface area contributed by atoms with Crippen LogP contribution in [0, 0.1) is 0 Å². The number of rotatable bonds is 7. The number of thioether (sulfide) groups is 1. The van der Waals surface area contributed by atoms with Crippen LogP contribution in [-0.4, -0.2) is 42.2 Å². The van der Waals surface area contributed by atoms with Gasteiger partial charge < -0.3 is 14.8 Å². The fraction of sp³-hybridized carbons (Fsp3) is 0.190. The third kappa shape index (κ3) is 4.97. The molecule has 1 fully saturated rings. The molecule has 0 aromatic heterocycles. The number of hydrogen-bond acceptors (Lipinski definition) is 6. The van der Waals surface area contributed by atoms with Crippen molar-refractivity contribution in [2.24, 2.45) is 0 Å². The van der Waals surface area contributed by atoms with E-state index in [2.05, 4.69) is 5.32 Å². The van der Waals surface area contributed by atoms with Crippen molar-refractivity contribution in [3.63, 3.8) is 0 Å². The summed E-state index contributed by atoms with van der Waals surface area (Å²) in [4.78, 5) is 38.4. The SMILES string of the molecule is CCOc1ccc(/C=C2/SC(=O)N(CC(=O)Nc3ccccc3OC)C2=O)cc1. The van der Waals surface area contributed by atoms with E-state index >= 15 is 0 Å². The first-order chi connectivity index (χ1) is 14.0. The second-order valence-corrected chi connectivity index (χ2v) is 7.01. The highest BCUT2D eigenvalue weighted by Gasteiger charge is 2.36. The topological polar surface area (TPSA) is 84.9 Å². The van der Waals surface area contributed by atoms with Gasteiger partial charge in [-0.25, -0.2) is 0 Å². The van der Waals surface area contributed by atoms with E-state index in [9.17, 15) is 14.4 Å². The Morgan fingerprint density at radius 1 is 1.14 bits per heavy atom. The summed E-state index contributed by atoms with van der Waals surface area (Å²) in [6.45, 7) is 2.09. The third-order valence-corrected chi connectivity index (χ3v) is 4.95. The van der Waals surface area contributed by atoms with Crippen molar-refractivity contribution in [1.82, 2.24) is 4.90 Å². The predicted octanol–water partition coefficient (Wildman–Crippen LogP) is 3.77. The van der Waals surface area contributed by atoms with Crippen LogP contribution in [0.5, 0.6) is 11.5 Å². The van der Waals surface area contributed by atoms with Crippen LogP contribution in [0.15, 0.2) is 53.4 Å². The van der Waals surface area contributed by atoms with Gasteiger partial charge in [-0.15, -0.1) is 0 Å². The van der Waals surface area contributed by atoms with Crippen molar-refractivity contribution in [3.05, 3.63) is 59.0 Å². The molecule has 2 aromatic carbocycles. The molecule has 7 nitrogen and oxygen atoms in total. The van der Waals surface area contributed by atoms with E-state index < -0.39 is 17.1 Å². The molecule has 0 radical (unpaired) electrons. The Bertz CT molecular complexity index is 956. The van der Waals surface area contributed by atoms with Gasteiger partial charge >= 0.3 is 0 Å². The minimum atomic E-state index is -0.496. The van der Waals surface area contributed by atoms with Crippen molar-refractivity contribution in [1.29, 1.82) is 0 Å². The molecule has 0 spiro atoms. The highest BCUT2D eigenvalue weighted by Crippen LogP contribution is 2.32. The molecule has 1 N–H and O–H groups in total. The summed E-state index contributed by atoms with van der Waals surface area (Å²) in [7, 11) is 1.49. The zero-order valence-corrected chi connectivity index (χ0v) is 16.8. The van der Waals surface area contributed by atoms with Crippen molar-refractivity contribution in [3.8, 4) is 11.5 Å². The van der Waals surface area contributed by atoms with Crippen LogP contribution >= 0.6 is 11.8 Å². The van der Waals surface area contributed by atoms with Gasteiger partial charge in [-0.05, 0) is 54.6 Å². The smallest absolute Gasteiger partial charge is 0.294 e. The summed E-state index contributed by atoms with van der Waals surface area (Å²) in [6, 6.07) is 14.1. The number of amides is 3. The molecule has 1 heterocycles. The number of hydrogen-bond donors (Lipinski definition) is 1. The molecule has 0 bridgehead atoms. The number of nitrogens with one attached hydrogen (secondary N) is 1. The summed E-state index contributed by atoms with van der Waals surface area (Å²) in [5.74, 6) is 0.235. The second kappa shape index (κ2) is 9.29. The lowest BCUT2D eigenvalue weighted by Crippen LogP contribution is -2.36. The molecule has 3 rings (SSSR count). The van der Waals surface area contributed by atoms with Crippen LogP contribution in [0.2, 0.25) is 0 Å². The van der Waals surface area contributed by atoms with Gasteiger partial charge in [0, 0.05) is 0 Å². The molecule has 1 aliphatic heterocycles. The Labute approximate surface area is 172 Å². The lowest BCUT2D eigenvalue weighted by Gasteiger charge is -2.14. The Morgan fingerprint density at radius 2 is 1.86 bits per heavy atom. The Hall–Kier alpha value is -3.26. The summed E-state index contributed by atoms with van der Waals surface area (Å²) in [5.41, 5.74) is 1.23. The van der Waals surface area contributed by atoms with Gasteiger partial charge in [0.1, 0.15) is 18.0 Å². The molecule has 0 atom stereocenters. The summed E-state index contributed by atoms with van der Waals surface area (Å²) in [6.07, 6.45) is 1.62. The summed E-state index contributed by atoms with van der Waals surface area (Å²) < 4.78 is 10.6. The monoisotopic (exact) mass is 412 g/mol. The maximum atomic E-state index is 12.6. The van der Waals surface area contributed by atoms with Crippen LogP contribution in [0.4, 0.5) is 10.5 Å². The van der Waals surface area contributed by atoms with E-state index in [1.54, 1.807) is 54.6 Å². The molecule has 3 amide bonds. The van der Waals surface area contributed by atoms with Gasteiger partial charge in [0.15, 0.2) is 0 Å². The van der Waals surface area contributed by atoms with Gasteiger partial charge in [-0.3, -0.25) is 19.3 Å². The zero-order valence-electron chi connectivity index (χ0n) is 16.0. The van der Waals surface area contributed by atoms with Gasteiger partial charge in [0.25, 0.3) is 11.1 Å². The van der Waals surface area contributed by atoms with Crippen molar-refractivity contribution < 1.29 is 23.9 Å². The minimum absolute atomic E-state index is 0.268. The van der Waals surface area contributed by atoms with Gasteiger partial charge in [0.05, 0.1) is 24.3 Å². The zero-order chi connectivity index (χ0) is 20.8. The van der Waals surface area contributed by atoms with E-state index in [4.69, 9.17) is 9.47 Å². The fourth-order valence-electron chi connectivity index (χ4n) is 2.70. The quantitative estimate of drug-likeness (QED) is 0.697. The Morgan fingerprint density at radius 3 is 2.55 bits per heavy atom. The lowest BCUT2D eigenvalue weighted by molar-refractivity contribution is -0.127. The maximum Gasteiger partial charge on any atom is 0.294 e. The molecule has 29 heavy (non-hydrogen) atoms. The number of benzene rings is 2. The van der Waals surface area contributed by atoms with Gasteiger partial charge in [-0.1, -0.05) is 24.3 Å². The number of carbonyl (C=O) groups is 3. The van der Waals surface area contributed by atoms with E-state index in [0.717, 1.165) is 28.0 Å². The number of anilines is 1. The molecule has 0 unspecified atom stereocenters. The third-order valence-electron chi connectivity index (χ3n) is 4.05. The average molecular weight is 412 g/mol. The highest BCUT2D eigenvalue weighted by molar-refractivity contribution is 8.18. The number of carbonyl (C=O) groups excluding carboxylic acids is 3. The minimum Gasteiger partial charge on any atom is -0.495 e. The summed E-state index contributed by atoms with van der Waals surface area (Å²) >= 11 is 0.810. The number of methoxy groups -OCH3 is 1. The first-order valence-corrected chi connectivity index (χ1v) is 9.74. The van der Waals surface area contributed by atoms with E-state index in [1.165, 1.54) is 7.11 Å². The number of para-hydroxylation sites is 2. The highest BCUT2D eigenvalue weighted by atomic mass is 32.2. The maximum absolute atomic E-state index is 12.6. The molecule has 8 heteroatoms. The van der Waals surface area contributed by atoms with Crippen molar-refractivity contribution >= 4 is 40.6 Å². The lowest BCUT2D eigenvalue weighted by atomic mass is 10.2. The molecule has 0 saturated carbocycles. The average Bonchev–Trinajstić information content (AvgIpc) is 2.97. The standard InChI is InChI=1S/C21H20N2O5S/c1-3-28-15-10-8-14(9-11-15)12-18-20(25)23(21(26)29-18)13-19(24)22-16-6-4-5-7-17(16)27-2/h4-12H,3,13H2,1-2H3,(H,22,24)/b18-12+. The van der Waals surface area contributed by atoms with Crippen LogP contribution in [0.3, 0.4) is 0 Å². The summed E-state index contributed by atoms with van der Waals surface area (Å²) in [5, 5.41) is 2.18. The van der Waals surface area contributed by atoms with Crippen molar-refractivity contribution in [2.75, 3.05) is 25.6 Å². The Balaban J connectivity index is 1.67. The first-order valence-electron chi connectivity index (χ1n) is 8.93. The molecule has 150 valence electrons. The Kier molecular flexibility index (Phi) is 6.56. The van der Waals surface area contributed by atoms with Crippen LogP contribution < -0.4 is 14.8 Å². The number of imide groups is 1.